The topological polar surface area (TPSA) is 76.7 Å². The molecule has 0 atom stereocenters. The fourth-order valence-corrected chi connectivity index (χ4v) is 2.54. The molecule has 3 aromatic carbocycles. The molecule has 27 heavy (non-hydrogen) atoms. The van der Waals surface area contributed by atoms with Gasteiger partial charge in [-0.15, -0.1) is 0 Å². The van der Waals surface area contributed by atoms with Crippen LogP contribution in [0.2, 0.25) is 0 Å². The number of nitrogens with one attached hydrogen (secondary N) is 2. The zero-order valence-corrected chi connectivity index (χ0v) is 14.9. The third-order valence-corrected chi connectivity index (χ3v) is 3.93. The highest BCUT2D eigenvalue weighted by Crippen LogP contribution is 2.19. The number of carbonyl (C=O) groups is 2. The Labute approximate surface area is 157 Å². The molecule has 3 rings (SSSR count). The summed E-state index contributed by atoms with van der Waals surface area (Å²) in [5, 5.41) is 7.19. The van der Waals surface area contributed by atoms with Gasteiger partial charge in [-0.3, -0.25) is 9.59 Å². The summed E-state index contributed by atoms with van der Waals surface area (Å²) in [5.41, 5.74) is 0.573. The predicted molar refractivity (Wildman–Crippen MR) is 104 cm³/mol. The van der Waals surface area contributed by atoms with Crippen molar-refractivity contribution in [2.45, 2.75) is 0 Å². The van der Waals surface area contributed by atoms with Gasteiger partial charge in [-0.1, -0.05) is 30.3 Å². The van der Waals surface area contributed by atoms with Crippen molar-refractivity contribution in [3.8, 4) is 11.5 Å². The van der Waals surface area contributed by atoms with Crippen LogP contribution >= 0.6 is 0 Å². The first-order valence-corrected chi connectivity index (χ1v) is 8.50. The van der Waals surface area contributed by atoms with Gasteiger partial charge in [0, 0.05) is 5.69 Å². The molecule has 0 fully saturated rings. The van der Waals surface area contributed by atoms with Crippen LogP contribution in [-0.4, -0.2) is 32.1 Å². The highest BCUT2D eigenvalue weighted by molar-refractivity contribution is 6.39. The second-order valence-electron chi connectivity index (χ2n) is 5.80. The molecule has 0 unspecified atom stereocenters. The number of rotatable bonds is 6. The molecule has 0 aliphatic heterocycles. The molecule has 3 aromatic rings. The minimum atomic E-state index is -0.713. The fraction of sp³-hybridized carbons (Fsp3) is 0.143. The Morgan fingerprint density at radius 3 is 2.30 bits per heavy atom. The Bertz CT molecular complexity index is 938. The normalized spacial score (nSPS) is 10.3. The standard InChI is InChI=1S/C21H20N2O4/c1-26-18-8-10-19(11-9-18)27-13-12-22-20(24)21(25)23-17-7-6-15-4-2-3-5-16(15)14-17/h2-11,14H,12-13H2,1H3,(H,22,24)(H,23,25). The SMILES string of the molecule is COc1ccc(OCCNC(=O)C(=O)Nc2ccc3ccccc3c2)cc1. The Hall–Kier alpha value is -3.54. The zero-order chi connectivity index (χ0) is 19.1. The molecule has 0 aliphatic carbocycles. The van der Waals surface area contributed by atoms with Crippen LogP contribution in [0.4, 0.5) is 5.69 Å². The zero-order valence-electron chi connectivity index (χ0n) is 14.9. The van der Waals surface area contributed by atoms with Crippen molar-refractivity contribution in [3.05, 3.63) is 66.7 Å². The molecule has 6 heteroatoms. The van der Waals surface area contributed by atoms with Crippen LogP contribution in [0, 0.1) is 0 Å². The molecule has 0 bridgehead atoms. The lowest BCUT2D eigenvalue weighted by atomic mass is 10.1. The van der Waals surface area contributed by atoms with Crippen molar-refractivity contribution < 1.29 is 19.1 Å². The van der Waals surface area contributed by atoms with Gasteiger partial charge in [-0.2, -0.15) is 0 Å². The first-order valence-electron chi connectivity index (χ1n) is 8.50. The van der Waals surface area contributed by atoms with Crippen LogP contribution in [0.3, 0.4) is 0 Å². The molecule has 0 saturated heterocycles. The van der Waals surface area contributed by atoms with E-state index in [1.54, 1.807) is 37.4 Å². The van der Waals surface area contributed by atoms with E-state index >= 15 is 0 Å². The number of hydrogen-bond donors (Lipinski definition) is 2. The Morgan fingerprint density at radius 2 is 1.56 bits per heavy atom. The summed E-state index contributed by atoms with van der Waals surface area (Å²) in [6, 6.07) is 20.4. The summed E-state index contributed by atoms with van der Waals surface area (Å²) >= 11 is 0. The third kappa shape index (κ3) is 4.98. The van der Waals surface area contributed by atoms with E-state index in [1.165, 1.54) is 0 Å². The summed E-state index contributed by atoms with van der Waals surface area (Å²) in [6.45, 7) is 0.470. The van der Waals surface area contributed by atoms with Gasteiger partial charge in [0.2, 0.25) is 0 Å². The molecule has 0 heterocycles. The van der Waals surface area contributed by atoms with E-state index in [-0.39, 0.29) is 13.2 Å². The molecular weight excluding hydrogens is 344 g/mol. The van der Waals surface area contributed by atoms with E-state index in [9.17, 15) is 9.59 Å². The van der Waals surface area contributed by atoms with Crippen LogP contribution in [0.15, 0.2) is 66.7 Å². The predicted octanol–water partition coefficient (Wildman–Crippen LogP) is 2.98. The maximum atomic E-state index is 12.0. The Kier molecular flexibility index (Phi) is 5.89. The van der Waals surface area contributed by atoms with Crippen molar-refractivity contribution in [1.29, 1.82) is 0 Å². The number of methoxy groups -OCH3 is 1. The molecule has 0 aliphatic rings. The van der Waals surface area contributed by atoms with E-state index < -0.39 is 11.8 Å². The molecule has 0 spiro atoms. The van der Waals surface area contributed by atoms with E-state index in [0.717, 1.165) is 16.5 Å². The number of fused-ring (bicyclic) bond motifs is 1. The number of hydrogen-bond acceptors (Lipinski definition) is 4. The lowest BCUT2D eigenvalue weighted by molar-refractivity contribution is -0.136. The minimum absolute atomic E-state index is 0.218. The number of amides is 2. The van der Waals surface area contributed by atoms with Crippen LogP contribution in [0.1, 0.15) is 0 Å². The summed E-state index contributed by atoms with van der Waals surface area (Å²) in [7, 11) is 1.59. The van der Waals surface area contributed by atoms with Gasteiger partial charge >= 0.3 is 11.8 Å². The molecule has 6 nitrogen and oxygen atoms in total. The van der Waals surface area contributed by atoms with Crippen molar-refractivity contribution in [1.82, 2.24) is 5.32 Å². The first-order chi connectivity index (χ1) is 13.2. The van der Waals surface area contributed by atoms with Crippen molar-refractivity contribution in [2.75, 3.05) is 25.6 Å². The van der Waals surface area contributed by atoms with E-state index in [2.05, 4.69) is 10.6 Å². The Balaban J connectivity index is 1.44. The molecular formula is C21H20N2O4. The summed E-state index contributed by atoms with van der Waals surface area (Å²) in [5.74, 6) is -0.0251. The van der Waals surface area contributed by atoms with Gasteiger partial charge in [-0.05, 0) is 47.2 Å². The number of anilines is 1. The highest BCUT2D eigenvalue weighted by Gasteiger charge is 2.13. The second-order valence-corrected chi connectivity index (χ2v) is 5.80. The van der Waals surface area contributed by atoms with Crippen molar-refractivity contribution >= 4 is 28.3 Å². The van der Waals surface area contributed by atoms with Crippen molar-refractivity contribution in [2.24, 2.45) is 0 Å². The van der Waals surface area contributed by atoms with Gasteiger partial charge in [0.05, 0.1) is 13.7 Å². The molecule has 0 saturated carbocycles. The largest absolute Gasteiger partial charge is 0.497 e. The van der Waals surface area contributed by atoms with Gasteiger partial charge in [0.25, 0.3) is 0 Å². The van der Waals surface area contributed by atoms with Gasteiger partial charge in [0.1, 0.15) is 18.1 Å². The van der Waals surface area contributed by atoms with Crippen LogP contribution in [0.25, 0.3) is 10.8 Å². The lowest BCUT2D eigenvalue weighted by Crippen LogP contribution is -2.37. The average molecular weight is 364 g/mol. The smallest absolute Gasteiger partial charge is 0.313 e. The van der Waals surface area contributed by atoms with E-state index in [0.29, 0.717) is 11.4 Å². The van der Waals surface area contributed by atoms with Crippen LogP contribution < -0.4 is 20.1 Å². The van der Waals surface area contributed by atoms with Gasteiger partial charge < -0.3 is 20.1 Å². The second kappa shape index (κ2) is 8.71. The number of carbonyl (C=O) groups excluding carboxylic acids is 2. The van der Waals surface area contributed by atoms with E-state index in [4.69, 9.17) is 9.47 Å². The average Bonchev–Trinajstić information content (AvgIpc) is 2.71. The summed E-state index contributed by atoms with van der Waals surface area (Å²) < 4.78 is 10.6. The summed E-state index contributed by atoms with van der Waals surface area (Å²) in [4.78, 5) is 23.9. The molecule has 2 N–H and O–H groups in total. The first kappa shape index (κ1) is 18.3. The van der Waals surface area contributed by atoms with Gasteiger partial charge in [-0.25, -0.2) is 0 Å². The number of ether oxygens (including phenoxy) is 2. The fourth-order valence-electron chi connectivity index (χ4n) is 2.54. The quantitative estimate of drug-likeness (QED) is 0.521. The maximum absolute atomic E-state index is 12.0. The third-order valence-electron chi connectivity index (χ3n) is 3.93. The van der Waals surface area contributed by atoms with Crippen LogP contribution in [0.5, 0.6) is 11.5 Å². The molecule has 138 valence electrons. The van der Waals surface area contributed by atoms with E-state index in [1.807, 2.05) is 36.4 Å². The molecule has 0 radical (unpaired) electrons. The lowest BCUT2D eigenvalue weighted by Gasteiger charge is -2.09. The Morgan fingerprint density at radius 1 is 0.852 bits per heavy atom. The maximum Gasteiger partial charge on any atom is 0.313 e. The monoisotopic (exact) mass is 364 g/mol. The van der Waals surface area contributed by atoms with Gasteiger partial charge in [0.15, 0.2) is 0 Å². The van der Waals surface area contributed by atoms with Crippen LogP contribution in [-0.2, 0) is 9.59 Å². The minimum Gasteiger partial charge on any atom is -0.497 e. The van der Waals surface area contributed by atoms with Crippen molar-refractivity contribution in [3.63, 3.8) is 0 Å². The highest BCUT2D eigenvalue weighted by atomic mass is 16.5. The summed E-state index contributed by atoms with van der Waals surface area (Å²) in [6.07, 6.45) is 0. The molecule has 2 amide bonds. The number of benzene rings is 3. The molecule has 0 aromatic heterocycles.